The fourth-order valence-corrected chi connectivity index (χ4v) is 2.28. The maximum atomic E-state index is 4.55. The third-order valence-electron chi connectivity index (χ3n) is 3.50. The molecule has 0 atom stereocenters. The quantitative estimate of drug-likeness (QED) is 0.619. The van der Waals surface area contributed by atoms with Crippen molar-refractivity contribution in [1.29, 1.82) is 0 Å². The van der Waals surface area contributed by atoms with Gasteiger partial charge in [-0.3, -0.25) is 4.98 Å². The lowest BCUT2D eigenvalue weighted by molar-refractivity contribution is 0.867. The maximum absolute atomic E-state index is 4.55. The molecule has 0 spiro atoms. The van der Waals surface area contributed by atoms with Crippen LogP contribution in [0.1, 0.15) is 25.3 Å². The van der Waals surface area contributed by atoms with Gasteiger partial charge < -0.3 is 0 Å². The van der Waals surface area contributed by atoms with Gasteiger partial charge in [0.25, 0.3) is 0 Å². The minimum atomic E-state index is 0.568. The molecule has 19 heavy (non-hydrogen) atoms. The van der Waals surface area contributed by atoms with Crippen LogP contribution >= 0.6 is 0 Å². The van der Waals surface area contributed by atoms with Crippen LogP contribution in [0.4, 0.5) is 0 Å². The Kier molecular flexibility index (Phi) is 3.04. The number of pyridine rings is 1. The van der Waals surface area contributed by atoms with Gasteiger partial charge in [0.1, 0.15) is 0 Å². The Morgan fingerprint density at radius 2 is 1.53 bits per heavy atom. The molecule has 94 valence electrons. The summed E-state index contributed by atoms with van der Waals surface area (Å²) in [6, 6.07) is 19.2. The van der Waals surface area contributed by atoms with Crippen LogP contribution in [0.5, 0.6) is 0 Å². The summed E-state index contributed by atoms with van der Waals surface area (Å²) in [5.74, 6) is 0.568. The Hall–Kier alpha value is -2.15. The first-order chi connectivity index (χ1) is 9.24. The number of nitrogens with zero attached hydrogens (tertiary/aromatic N) is 1. The van der Waals surface area contributed by atoms with Crippen LogP contribution < -0.4 is 0 Å². The van der Waals surface area contributed by atoms with E-state index in [1.54, 1.807) is 0 Å². The molecule has 0 unspecified atom stereocenters. The largest absolute Gasteiger partial charge is 0.256 e. The molecule has 0 saturated carbocycles. The Morgan fingerprint density at radius 3 is 2.21 bits per heavy atom. The van der Waals surface area contributed by atoms with Gasteiger partial charge in [0.05, 0.1) is 5.69 Å². The molecule has 1 nitrogen and oxygen atoms in total. The third-order valence-corrected chi connectivity index (χ3v) is 3.50. The van der Waals surface area contributed by atoms with Gasteiger partial charge in [-0.1, -0.05) is 62.4 Å². The summed E-state index contributed by atoms with van der Waals surface area (Å²) < 4.78 is 0. The molecule has 0 saturated heterocycles. The fraction of sp³-hybridized carbons (Fsp3) is 0.167. The van der Waals surface area contributed by atoms with E-state index in [-0.39, 0.29) is 0 Å². The molecular weight excluding hydrogens is 230 g/mol. The van der Waals surface area contributed by atoms with Gasteiger partial charge in [-0.2, -0.15) is 0 Å². The Labute approximate surface area is 113 Å². The predicted molar refractivity (Wildman–Crippen MR) is 81.3 cm³/mol. The number of benzene rings is 2. The number of fused-ring (bicyclic) bond motifs is 1. The maximum Gasteiger partial charge on any atom is 0.0708 e. The normalized spacial score (nSPS) is 11.1. The van der Waals surface area contributed by atoms with Crippen LogP contribution in [0.15, 0.2) is 60.8 Å². The van der Waals surface area contributed by atoms with Gasteiger partial charge in [-0.15, -0.1) is 0 Å². The summed E-state index contributed by atoms with van der Waals surface area (Å²) in [5.41, 5.74) is 3.58. The van der Waals surface area contributed by atoms with E-state index in [2.05, 4.69) is 67.4 Å². The molecular formula is C18H17N. The lowest BCUT2D eigenvalue weighted by Gasteiger charge is -2.07. The summed E-state index contributed by atoms with van der Waals surface area (Å²) >= 11 is 0. The second kappa shape index (κ2) is 4.85. The van der Waals surface area contributed by atoms with E-state index in [1.165, 1.54) is 21.9 Å². The first-order valence-corrected chi connectivity index (χ1v) is 6.69. The minimum Gasteiger partial charge on any atom is -0.256 e. The summed E-state index contributed by atoms with van der Waals surface area (Å²) in [4.78, 5) is 4.55. The number of aromatic nitrogens is 1. The average Bonchev–Trinajstić information content (AvgIpc) is 2.47. The predicted octanol–water partition coefficient (Wildman–Crippen LogP) is 5.03. The van der Waals surface area contributed by atoms with Crippen molar-refractivity contribution in [2.75, 3.05) is 0 Å². The molecule has 0 radical (unpaired) electrons. The topological polar surface area (TPSA) is 12.9 Å². The van der Waals surface area contributed by atoms with E-state index in [0.717, 1.165) is 5.69 Å². The third kappa shape index (κ3) is 2.37. The van der Waals surface area contributed by atoms with Crippen molar-refractivity contribution in [3.63, 3.8) is 0 Å². The van der Waals surface area contributed by atoms with Gasteiger partial charge in [-0.05, 0) is 22.9 Å². The highest BCUT2D eigenvalue weighted by Gasteiger charge is 2.03. The van der Waals surface area contributed by atoms with E-state index >= 15 is 0 Å². The Balaban J connectivity index is 2.03. The molecule has 0 amide bonds. The van der Waals surface area contributed by atoms with E-state index in [0.29, 0.717) is 5.92 Å². The van der Waals surface area contributed by atoms with Crippen molar-refractivity contribution >= 4 is 10.8 Å². The van der Waals surface area contributed by atoms with Crippen LogP contribution in [-0.2, 0) is 0 Å². The molecule has 0 fully saturated rings. The van der Waals surface area contributed by atoms with Crippen molar-refractivity contribution in [3.8, 4) is 11.3 Å². The van der Waals surface area contributed by atoms with Crippen molar-refractivity contribution < 1.29 is 0 Å². The number of rotatable bonds is 2. The molecule has 0 aliphatic heterocycles. The fourth-order valence-electron chi connectivity index (χ4n) is 2.28. The van der Waals surface area contributed by atoms with Crippen molar-refractivity contribution in [2.24, 2.45) is 0 Å². The first-order valence-electron chi connectivity index (χ1n) is 6.69. The number of hydrogen-bond acceptors (Lipinski definition) is 1. The van der Waals surface area contributed by atoms with Crippen LogP contribution in [0, 0.1) is 0 Å². The molecule has 0 aliphatic carbocycles. The molecule has 0 aliphatic rings. The average molecular weight is 247 g/mol. The highest BCUT2D eigenvalue weighted by Crippen LogP contribution is 2.23. The monoisotopic (exact) mass is 247 g/mol. The molecule has 1 heteroatoms. The zero-order chi connectivity index (χ0) is 13.2. The van der Waals surface area contributed by atoms with Gasteiger partial charge in [0.15, 0.2) is 0 Å². The molecule has 0 N–H and O–H groups in total. The van der Waals surface area contributed by atoms with E-state index < -0.39 is 0 Å². The van der Waals surface area contributed by atoms with Crippen molar-refractivity contribution in [2.45, 2.75) is 19.8 Å². The van der Waals surface area contributed by atoms with E-state index in [9.17, 15) is 0 Å². The van der Waals surface area contributed by atoms with Crippen molar-refractivity contribution in [1.82, 2.24) is 4.98 Å². The molecule has 1 aromatic heterocycles. The highest BCUT2D eigenvalue weighted by molar-refractivity contribution is 5.85. The summed E-state index contributed by atoms with van der Waals surface area (Å²) in [7, 11) is 0. The number of hydrogen-bond donors (Lipinski definition) is 0. The molecule has 0 bridgehead atoms. The zero-order valence-electron chi connectivity index (χ0n) is 11.3. The summed E-state index contributed by atoms with van der Waals surface area (Å²) in [6.45, 7) is 4.42. The van der Waals surface area contributed by atoms with Gasteiger partial charge in [0.2, 0.25) is 0 Å². The second-order valence-electron chi connectivity index (χ2n) is 5.19. The second-order valence-corrected chi connectivity index (χ2v) is 5.19. The SMILES string of the molecule is CC(C)c1ccc(-c2cc3ccccc3cn2)cc1. The smallest absolute Gasteiger partial charge is 0.0708 e. The van der Waals surface area contributed by atoms with Crippen LogP contribution in [0.25, 0.3) is 22.0 Å². The van der Waals surface area contributed by atoms with Crippen molar-refractivity contribution in [3.05, 3.63) is 66.4 Å². The van der Waals surface area contributed by atoms with E-state index in [4.69, 9.17) is 0 Å². The highest BCUT2D eigenvalue weighted by atomic mass is 14.7. The van der Waals surface area contributed by atoms with Gasteiger partial charge in [-0.25, -0.2) is 0 Å². The summed E-state index contributed by atoms with van der Waals surface area (Å²) in [6.07, 6.45) is 1.95. The Bertz CT molecular complexity index is 696. The minimum absolute atomic E-state index is 0.568. The van der Waals surface area contributed by atoms with Crippen LogP contribution in [-0.4, -0.2) is 4.98 Å². The van der Waals surface area contributed by atoms with Gasteiger partial charge >= 0.3 is 0 Å². The first kappa shape index (κ1) is 11.9. The zero-order valence-corrected chi connectivity index (χ0v) is 11.3. The van der Waals surface area contributed by atoms with Crippen LogP contribution in [0.2, 0.25) is 0 Å². The lowest BCUT2D eigenvalue weighted by Crippen LogP contribution is -1.88. The molecule has 3 rings (SSSR count). The lowest BCUT2D eigenvalue weighted by atomic mass is 10.00. The van der Waals surface area contributed by atoms with Crippen LogP contribution in [0.3, 0.4) is 0 Å². The molecule has 3 aromatic rings. The Morgan fingerprint density at radius 1 is 0.842 bits per heavy atom. The standard InChI is InChI=1S/C18H17N/c1-13(2)14-7-9-15(10-8-14)18-11-16-5-3-4-6-17(16)12-19-18/h3-13H,1-2H3. The van der Waals surface area contributed by atoms with Gasteiger partial charge in [0, 0.05) is 17.1 Å². The molecule has 2 aromatic carbocycles. The van der Waals surface area contributed by atoms with E-state index in [1.807, 2.05) is 12.3 Å². The molecule has 1 heterocycles. The summed E-state index contributed by atoms with van der Waals surface area (Å²) in [5, 5.41) is 2.42.